The normalized spacial score (nSPS) is 10.7. The molecule has 0 aliphatic heterocycles. The van der Waals surface area contributed by atoms with Gasteiger partial charge in [0.15, 0.2) is 0 Å². The average Bonchev–Trinajstić information content (AvgIpc) is 2.59. The van der Waals surface area contributed by atoms with E-state index in [4.69, 9.17) is 4.74 Å². The maximum atomic E-state index is 11.3. The molecule has 0 spiro atoms. The molecule has 0 radical (unpaired) electrons. The Morgan fingerprint density at radius 1 is 1.64 bits per heavy atom. The van der Waals surface area contributed by atoms with Crippen molar-refractivity contribution in [3.8, 4) is 0 Å². The molecule has 4 heteroatoms. The van der Waals surface area contributed by atoms with Crippen LogP contribution in [0.2, 0.25) is 0 Å². The number of rotatable bonds is 4. The number of allylic oxidation sites excluding steroid dienone is 1. The Labute approximate surface area is 87.4 Å². The summed E-state index contributed by atoms with van der Waals surface area (Å²) in [7, 11) is 0. The minimum atomic E-state index is -0.295. The van der Waals surface area contributed by atoms with E-state index in [1.54, 1.807) is 6.20 Å². The van der Waals surface area contributed by atoms with Crippen molar-refractivity contribution in [1.29, 1.82) is 0 Å². The van der Waals surface area contributed by atoms with E-state index in [1.165, 1.54) is 11.3 Å². The molecule has 0 amide bonds. The smallest absolute Gasteiger partial charge is 0.350 e. The molecule has 1 aromatic heterocycles. The largest absolute Gasteiger partial charge is 0.457 e. The van der Waals surface area contributed by atoms with Gasteiger partial charge in [0.25, 0.3) is 0 Å². The standard InChI is InChI=1S/C10H13NO2S/c1-3-4-5-6-13-10(12)9-7-11-8(2)14-9/h4-5,7H,3,6H2,1-2H3. The van der Waals surface area contributed by atoms with Crippen molar-refractivity contribution in [1.82, 2.24) is 4.98 Å². The predicted octanol–water partition coefficient (Wildman–Crippen LogP) is 2.57. The van der Waals surface area contributed by atoms with E-state index in [0.29, 0.717) is 11.5 Å². The molecule has 1 heterocycles. The number of aryl methyl sites for hydroxylation is 1. The van der Waals surface area contributed by atoms with Gasteiger partial charge in [0.05, 0.1) is 11.2 Å². The summed E-state index contributed by atoms with van der Waals surface area (Å²) < 4.78 is 4.99. The average molecular weight is 211 g/mol. The molecule has 0 aliphatic rings. The molecule has 14 heavy (non-hydrogen) atoms. The minimum Gasteiger partial charge on any atom is -0.457 e. The molecular formula is C10H13NO2S. The lowest BCUT2D eigenvalue weighted by molar-refractivity contribution is 0.0555. The third-order valence-electron chi connectivity index (χ3n) is 1.54. The van der Waals surface area contributed by atoms with Gasteiger partial charge in [-0.1, -0.05) is 19.1 Å². The van der Waals surface area contributed by atoms with Gasteiger partial charge in [0, 0.05) is 0 Å². The van der Waals surface area contributed by atoms with Gasteiger partial charge in [-0.05, 0) is 13.3 Å². The summed E-state index contributed by atoms with van der Waals surface area (Å²) >= 11 is 1.35. The molecule has 76 valence electrons. The molecule has 0 fully saturated rings. The number of carbonyl (C=O) groups is 1. The Balaban J connectivity index is 2.39. The van der Waals surface area contributed by atoms with Crippen LogP contribution in [0.15, 0.2) is 18.3 Å². The lowest BCUT2D eigenvalue weighted by atomic mass is 10.4. The van der Waals surface area contributed by atoms with Crippen molar-refractivity contribution in [2.75, 3.05) is 6.61 Å². The SMILES string of the molecule is CCC=CCOC(=O)c1cnc(C)s1. The molecule has 0 saturated carbocycles. The summed E-state index contributed by atoms with van der Waals surface area (Å²) in [4.78, 5) is 15.9. The molecule has 3 nitrogen and oxygen atoms in total. The van der Waals surface area contributed by atoms with E-state index in [1.807, 2.05) is 26.0 Å². The highest BCUT2D eigenvalue weighted by molar-refractivity contribution is 7.13. The summed E-state index contributed by atoms with van der Waals surface area (Å²) in [6.07, 6.45) is 6.31. The van der Waals surface area contributed by atoms with Gasteiger partial charge in [-0.2, -0.15) is 0 Å². The summed E-state index contributed by atoms with van der Waals surface area (Å²) in [6.45, 7) is 4.23. The molecule has 1 rings (SSSR count). The van der Waals surface area contributed by atoms with Gasteiger partial charge < -0.3 is 4.74 Å². The molecule has 0 atom stereocenters. The van der Waals surface area contributed by atoms with Crippen molar-refractivity contribution >= 4 is 17.3 Å². The predicted molar refractivity (Wildman–Crippen MR) is 56.6 cm³/mol. The van der Waals surface area contributed by atoms with E-state index >= 15 is 0 Å². The highest BCUT2D eigenvalue weighted by Gasteiger charge is 2.08. The van der Waals surface area contributed by atoms with Crippen molar-refractivity contribution in [3.05, 3.63) is 28.2 Å². The van der Waals surface area contributed by atoms with Gasteiger partial charge in [0.2, 0.25) is 0 Å². The fraction of sp³-hybridized carbons (Fsp3) is 0.400. The lowest BCUT2D eigenvalue weighted by Gasteiger charge is -1.97. The Morgan fingerprint density at radius 3 is 3.00 bits per heavy atom. The summed E-state index contributed by atoms with van der Waals surface area (Å²) in [6, 6.07) is 0. The monoisotopic (exact) mass is 211 g/mol. The summed E-state index contributed by atoms with van der Waals surface area (Å²) in [5, 5.41) is 0.876. The molecule has 0 aromatic carbocycles. The number of esters is 1. The zero-order valence-electron chi connectivity index (χ0n) is 8.32. The van der Waals surface area contributed by atoms with E-state index in [-0.39, 0.29) is 5.97 Å². The Morgan fingerprint density at radius 2 is 2.43 bits per heavy atom. The quantitative estimate of drug-likeness (QED) is 0.567. The number of hydrogen-bond donors (Lipinski definition) is 0. The number of thiazole rings is 1. The molecule has 0 unspecified atom stereocenters. The second-order valence-electron chi connectivity index (χ2n) is 2.72. The van der Waals surface area contributed by atoms with Crippen molar-refractivity contribution in [3.63, 3.8) is 0 Å². The Bertz CT molecular complexity index is 331. The number of ether oxygens (including phenoxy) is 1. The third-order valence-corrected chi connectivity index (χ3v) is 2.43. The Hall–Kier alpha value is -1.16. The first kappa shape index (κ1) is 10.9. The molecule has 1 aromatic rings. The van der Waals surface area contributed by atoms with Gasteiger partial charge in [-0.15, -0.1) is 11.3 Å². The third kappa shape index (κ3) is 3.30. The fourth-order valence-electron chi connectivity index (χ4n) is 0.885. The van der Waals surface area contributed by atoms with E-state index in [0.717, 1.165) is 11.4 Å². The maximum absolute atomic E-state index is 11.3. The van der Waals surface area contributed by atoms with Crippen LogP contribution in [-0.2, 0) is 4.74 Å². The first-order valence-corrected chi connectivity index (χ1v) is 5.30. The van der Waals surface area contributed by atoms with E-state index in [2.05, 4.69) is 4.98 Å². The van der Waals surface area contributed by atoms with E-state index < -0.39 is 0 Å². The van der Waals surface area contributed by atoms with Gasteiger partial charge in [-0.25, -0.2) is 9.78 Å². The summed E-state index contributed by atoms with van der Waals surface area (Å²) in [5.74, 6) is -0.295. The number of hydrogen-bond acceptors (Lipinski definition) is 4. The zero-order chi connectivity index (χ0) is 10.4. The van der Waals surface area contributed by atoms with Crippen LogP contribution >= 0.6 is 11.3 Å². The molecule has 0 bridgehead atoms. The van der Waals surface area contributed by atoms with E-state index in [9.17, 15) is 4.79 Å². The van der Waals surface area contributed by atoms with Crippen LogP contribution in [-0.4, -0.2) is 17.6 Å². The first-order chi connectivity index (χ1) is 6.74. The fourth-order valence-corrected chi connectivity index (χ4v) is 1.56. The van der Waals surface area contributed by atoms with Crippen LogP contribution in [0.4, 0.5) is 0 Å². The van der Waals surface area contributed by atoms with Gasteiger partial charge in [-0.3, -0.25) is 0 Å². The van der Waals surface area contributed by atoms with Crippen LogP contribution in [0.1, 0.15) is 28.0 Å². The van der Waals surface area contributed by atoms with Crippen LogP contribution in [0.3, 0.4) is 0 Å². The lowest BCUT2D eigenvalue weighted by Crippen LogP contribution is -2.02. The number of carbonyl (C=O) groups excluding carboxylic acids is 1. The van der Waals surface area contributed by atoms with Crippen LogP contribution < -0.4 is 0 Å². The highest BCUT2D eigenvalue weighted by atomic mass is 32.1. The van der Waals surface area contributed by atoms with Gasteiger partial charge in [0.1, 0.15) is 11.5 Å². The molecule has 0 N–H and O–H groups in total. The van der Waals surface area contributed by atoms with Crippen molar-refractivity contribution in [2.45, 2.75) is 20.3 Å². The van der Waals surface area contributed by atoms with Crippen LogP contribution in [0.25, 0.3) is 0 Å². The number of aromatic nitrogens is 1. The number of nitrogens with zero attached hydrogens (tertiary/aromatic N) is 1. The molecule has 0 saturated heterocycles. The summed E-state index contributed by atoms with van der Waals surface area (Å²) in [5.41, 5.74) is 0. The minimum absolute atomic E-state index is 0.295. The van der Waals surface area contributed by atoms with Crippen LogP contribution in [0.5, 0.6) is 0 Å². The second-order valence-corrected chi connectivity index (χ2v) is 3.96. The van der Waals surface area contributed by atoms with Gasteiger partial charge >= 0.3 is 5.97 Å². The maximum Gasteiger partial charge on any atom is 0.350 e. The second kappa shape index (κ2) is 5.54. The first-order valence-electron chi connectivity index (χ1n) is 4.48. The Kier molecular flexibility index (Phi) is 4.32. The van der Waals surface area contributed by atoms with Crippen molar-refractivity contribution < 1.29 is 9.53 Å². The highest BCUT2D eigenvalue weighted by Crippen LogP contribution is 2.12. The molecular weight excluding hydrogens is 198 g/mol. The zero-order valence-corrected chi connectivity index (χ0v) is 9.13. The molecule has 0 aliphatic carbocycles. The topological polar surface area (TPSA) is 39.2 Å². The van der Waals surface area contributed by atoms with Crippen molar-refractivity contribution in [2.24, 2.45) is 0 Å². The van der Waals surface area contributed by atoms with Crippen LogP contribution in [0, 0.1) is 6.92 Å².